The number of aliphatic hydroxyl groups is 1. The molecule has 0 aliphatic carbocycles. The number of aliphatic hydroxyl groups excluding tert-OH is 1. The van der Waals surface area contributed by atoms with Crippen LogP contribution in [0.3, 0.4) is 0 Å². The van der Waals surface area contributed by atoms with Crippen molar-refractivity contribution < 1.29 is 13.5 Å². The van der Waals surface area contributed by atoms with E-state index >= 15 is 0 Å². The summed E-state index contributed by atoms with van der Waals surface area (Å²) in [5.41, 5.74) is 0. The van der Waals surface area contributed by atoms with Crippen LogP contribution in [0.15, 0.2) is 16.3 Å². The first-order valence-electron chi connectivity index (χ1n) is 6.48. The Morgan fingerprint density at radius 3 is 2.53 bits per heavy atom. The highest BCUT2D eigenvalue weighted by molar-refractivity contribution is 7.89. The van der Waals surface area contributed by atoms with Crippen LogP contribution in [-0.4, -0.2) is 55.5 Å². The van der Waals surface area contributed by atoms with Crippen LogP contribution < -0.4 is 0 Å². The molecule has 5 nitrogen and oxygen atoms in total. The Balaban J connectivity index is 2.05. The largest absolute Gasteiger partial charge is 0.391 e. The fourth-order valence-corrected chi connectivity index (χ4v) is 4.78. The molecule has 7 heteroatoms. The zero-order valence-electron chi connectivity index (χ0n) is 11.1. The van der Waals surface area contributed by atoms with Gasteiger partial charge < -0.3 is 10.0 Å². The normalized spacial score (nSPS) is 18.8. The summed E-state index contributed by atoms with van der Waals surface area (Å²) >= 11 is 1.28. The molecule has 0 radical (unpaired) electrons. The van der Waals surface area contributed by atoms with Crippen molar-refractivity contribution in [1.82, 2.24) is 9.21 Å². The van der Waals surface area contributed by atoms with Gasteiger partial charge in [-0.1, -0.05) is 6.92 Å². The molecule has 1 aliphatic rings. The Kier molecular flexibility index (Phi) is 4.97. The van der Waals surface area contributed by atoms with Gasteiger partial charge in [0.25, 0.3) is 0 Å². The van der Waals surface area contributed by atoms with Gasteiger partial charge in [-0.05, 0) is 19.0 Å². The van der Waals surface area contributed by atoms with Crippen LogP contribution in [0.25, 0.3) is 0 Å². The highest BCUT2D eigenvalue weighted by atomic mass is 32.2. The molecule has 1 aromatic rings. The SMILES string of the molecule is CCCN1CCN(S(=O)(=O)c2csc(CO)c2)CC1. The Labute approximate surface area is 118 Å². The molecule has 0 bridgehead atoms. The van der Waals surface area contributed by atoms with Crippen LogP contribution in [0.5, 0.6) is 0 Å². The summed E-state index contributed by atoms with van der Waals surface area (Å²) in [6.07, 6.45) is 1.09. The van der Waals surface area contributed by atoms with Crippen molar-refractivity contribution in [2.45, 2.75) is 24.8 Å². The van der Waals surface area contributed by atoms with E-state index in [1.807, 2.05) is 0 Å². The van der Waals surface area contributed by atoms with Crippen molar-refractivity contribution >= 4 is 21.4 Å². The number of hydrogen-bond acceptors (Lipinski definition) is 5. The average Bonchev–Trinajstić information content (AvgIpc) is 2.89. The van der Waals surface area contributed by atoms with Crippen LogP contribution >= 0.6 is 11.3 Å². The molecule has 0 spiro atoms. The Morgan fingerprint density at radius 1 is 1.32 bits per heavy atom. The lowest BCUT2D eigenvalue weighted by molar-refractivity contribution is 0.188. The molecule has 2 heterocycles. The van der Waals surface area contributed by atoms with Crippen molar-refractivity contribution in [1.29, 1.82) is 0 Å². The molecule has 0 aromatic carbocycles. The molecule has 0 unspecified atom stereocenters. The third-order valence-corrected chi connectivity index (χ3v) is 6.24. The van der Waals surface area contributed by atoms with Gasteiger partial charge in [0.2, 0.25) is 10.0 Å². The summed E-state index contributed by atoms with van der Waals surface area (Å²) in [7, 11) is -3.38. The minimum absolute atomic E-state index is 0.107. The number of nitrogens with zero attached hydrogens (tertiary/aromatic N) is 2. The van der Waals surface area contributed by atoms with Crippen LogP contribution in [0.2, 0.25) is 0 Å². The van der Waals surface area contributed by atoms with Gasteiger partial charge in [-0.3, -0.25) is 0 Å². The van der Waals surface area contributed by atoms with Crippen LogP contribution in [-0.2, 0) is 16.6 Å². The number of rotatable bonds is 5. The van der Waals surface area contributed by atoms with Crippen LogP contribution in [0, 0.1) is 0 Å². The molecule has 1 N–H and O–H groups in total. The molecule has 0 atom stereocenters. The molecule has 19 heavy (non-hydrogen) atoms. The van der Waals surface area contributed by atoms with Gasteiger partial charge in [-0.15, -0.1) is 11.3 Å². The van der Waals surface area contributed by atoms with Crippen molar-refractivity contribution in [2.75, 3.05) is 32.7 Å². The van der Waals surface area contributed by atoms with Gasteiger partial charge in [0.1, 0.15) is 0 Å². The third-order valence-electron chi connectivity index (χ3n) is 3.29. The van der Waals surface area contributed by atoms with Crippen molar-refractivity contribution in [3.05, 3.63) is 16.3 Å². The summed E-state index contributed by atoms with van der Waals surface area (Å²) in [5, 5.41) is 10.6. The number of sulfonamides is 1. The third kappa shape index (κ3) is 3.35. The summed E-state index contributed by atoms with van der Waals surface area (Å²) in [5.74, 6) is 0. The zero-order chi connectivity index (χ0) is 13.9. The monoisotopic (exact) mass is 304 g/mol. The fraction of sp³-hybridized carbons (Fsp3) is 0.667. The lowest BCUT2D eigenvalue weighted by atomic mass is 10.3. The zero-order valence-corrected chi connectivity index (χ0v) is 12.7. The standard InChI is InChI=1S/C12H20N2O3S2/c1-2-3-13-4-6-14(7-5-13)19(16,17)12-8-11(9-15)18-10-12/h8,10,15H,2-7,9H2,1H3. The highest BCUT2D eigenvalue weighted by Gasteiger charge is 2.28. The number of thiophene rings is 1. The van der Waals surface area contributed by atoms with E-state index < -0.39 is 10.0 Å². The maximum Gasteiger partial charge on any atom is 0.243 e. The first kappa shape index (κ1) is 14.9. The Hall–Kier alpha value is -0.470. The minimum atomic E-state index is -3.38. The van der Waals surface area contributed by atoms with E-state index in [-0.39, 0.29) is 6.61 Å². The molecule has 1 aliphatic heterocycles. The van der Waals surface area contributed by atoms with E-state index in [0.717, 1.165) is 26.1 Å². The number of hydrogen-bond donors (Lipinski definition) is 1. The first-order chi connectivity index (χ1) is 9.07. The van der Waals surface area contributed by atoms with E-state index in [0.29, 0.717) is 22.9 Å². The predicted molar refractivity (Wildman–Crippen MR) is 75.7 cm³/mol. The first-order valence-corrected chi connectivity index (χ1v) is 8.80. The van der Waals surface area contributed by atoms with Crippen LogP contribution in [0.1, 0.15) is 18.2 Å². The van der Waals surface area contributed by atoms with Gasteiger partial charge in [0, 0.05) is 36.4 Å². The molecule has 108 valence electrons. The lowest BCUT2D eigenvalue weighted by Crippen LogP contribution is -2.48. The van der Waals surface area contributed by atoms with Gasteiger partial charge in [0.05, 0.1) is 11.5 Å². The maximum atomic E-state index is 12.4. The van der Waals surface area contributed by atoms with Crippen LogP contribution in [0.4, 0.5) is 0 Å². The van der Waals surface area contributed by atoms with E-state index in [4.69, 9.17) is 5.11 Å². The van der Waals surface area contributed by atoms with E-state index in [1.165, 1.54) is 11.3 Å². The van der Waals surface area contributed by atoms with Crippen molar-refractivity contribution in [3.8, 4) is 0 Å². The van der Waals surface area contributed by atoms with Gasteiger partial charge >= 0.3 is 0 Å². The quantitative estimate of drug-likeness (QED) is 0.880. The second kappa shape index (κ2) is 6.32. The van der Waals surface area contributed by atoms with Gasteiger partial charge in [-0.25, -0.2) is 8.42 Å². The smallest absolute Gasteiger partial charge is 0.243 e. The van der Waals surface area contributed by atoms with E-state index in [1.54, 1.807) is 15.8 Å². The maximum absolute atomic E-state index is 12.4. The second-order valence-corrected chi connectivity index (χ2v) is 7.59. The van der Waals surface area contributed by atoms with Crippen molar-refractivity contribution in [2.24, 2.45) is 0 Å². The Bertz CT molecular complexity index is 505. The molecule has 0 saturated carbocycles. The fourth-order valence-electron chi connectivity index (χ4n) is 2.24. The Morgan fingerprint density at radius 2 is 2.00 bits per heavy atom. The summed E-state index contributed by atoms with van der Waals surface area (Å²) in [6, 6.07) is 1.57. The lowest BCUT2D eigenvalue weighted by Gasteiger charge is -2.33. The van der Waals surface area contributed by atoms with Crippen molar-refractivity contribution in [3.63, 3.8) is 0 Å². The molecular formula is C12H20N2O3S2. The second-order valence-electron chi connectivity index (χ2n) is 4.65. The average molecular weight is 304 g/mol. The molecular weight excluding hydrogens is 284 g/mol. The summed E-state index contributed by atoms with van der Waals surface area (Å²) in [4.78, 5) is 3.28. The summed E-state index contributed by atoms with van der Waals surface area (Å²) < 4.78 is 26.4. The minimum Gasteiger partial charge on any atom is -0.391 e. The molecule has 2 rings (SSSR count). The highest BCUT2D eigenvalue weighted by Crippen LogP contribution is 2.23. The van der Waals surface area contributed by atoms with Gasteiger partial charge in [-0.2, -0.15) is 4.31 Å². The van der Waals surface area contributed by atoms with E-state index in [2.05, 4.69) is 11.8 Å². The number of piperazine rings is 1. The van der Waals surface area contributed by atoms with E-state index in [9.17, 15) is 8.42 Å². The molecule has 1 saturated heterocycles. The topological polar surface area (TPSA) is 60.9 Å². The molecule has 0 amide bonds. The predicted octanol–water partition coefficient (Wildman–Crippen LogP) is 0.957. The summed E-state index contributed by atoms with van der Waals surface area (Å²) in [6.45, 7) is 5.74. The van der Waals surface area contributed by atoms with Gasteiger partial charge in [0.15, 0.2) is 0 Å². The molecule has 1 aromatic heterocycles. The molecule has 1 fully saturated rings.